The number of halogens is 6. The van der Waals surface area contributed by atoms with Gasteiger partial charge in [-0.05, 0) is 49.7 Å². The first-order chi connectivity index (χ1) is 17.5. The van der Waals surface area contributed by atoms with Gasteiger partial charge in [-0.15, -0.1) is 0 Å². The predicted molar refractivity (Wildman–Crippen MR) is 127 cm³/mol. The van der Waals surface area contributed by atoms with Crippen molar-refractivity contribution in [3.8, 4) is 0 Å². The van der Waals surface area contributed by atoms with Crippen LogP contribution < -0.4 is 0 Å². The van der Waals surface area contributed by atoms with Crippen molar-refractivity contribution in [2.75, 3.05) is 33.8 Å². The van der Waals surface area contributed by atoms with Crippen molar-refractivity contribution in [2.45, 2.75) is 49.8 Å². The molecule has 2 saturated heterocycles. The van der Waals surface area contributed by atoms with Crippen molar-refractivity contribution in [1.82, 2.24) is 9.80 Å². The first-order valence-electron chi connectivity index (χ1n) is 11.6. The standard InChI is InChI=1S/C21H28N2O.2C2HF3O2/c1-22(2)19-10-13-24-21(14-19)11-12-23(16-21)15-18-8-5-7-17-6-3-4-9-20(17)18;2*3-2(4,5)1(6)7/h3-9,19H,10-16H2,1-2H3;2*(H,6,7)/t19-,21-;;/m1../s1. The van der Waals surface area contributed by atoms with Crippen LogP contribution in [0.2, 0.25) is 0 Å². The average molecular weight is 553 g/mol. The average Bonchev–Trinajstić information content (AvgIpc) is 3.20. The van der Waals surface area contributed by atoms with Crippen molar-refractivity contribution in [3.63, 3.8) is 0 Å². The van der Waals surface area contributed by atoms with Gasteiger partial charge in [-0.1, -0.05) is 42.5 Å². The van der Waals surface area contributed by atoms with E-state index < -0.39 is 24.3 Å². The van der Waals surface area contributed by atoms with Crippen LogP contribution in [0, 0.1) is 0 Å². The molecule has 13 heteroatoms. The van der Waals surface area contributed by atoms with Crippen LogP contribution in [0.15, 0.2) is 42.5 Å². The van der Waals surface area contributed by atoms with Gasteiger partial charge in [-0.25, -0.2) is 9.59 Å². The molecule has 0 amide bonds. The second-order valence-electron chi connectivity index (χ2n) is 9.35. The molecule has 0 unspecified atom stereocenters. The van der Waals surface area contributed by atoms with Gasteiger partial charge in [0.25, 0.3) is 0 Å². The lowest BCUT2D eigenvalue weighted by Crippen LogP contribution is -2.48. The molecule has 212 valence electrons. The Hall–Kier alpha value is -2.90. The zero-order valence-electron chi connectivity index (χ0n) is 20.8. The molecule has 1 spiro atoms. The van der Waals surface area contributed by atoms with E-state index >= 15 is 0 Å². The maximum absolute atomic E-state index is 10.6. The second kappa shape index (κ2) is 12.8. The molecule has 38 heavy (non-hydrogen) atoms. The van der Waals surface area contributed by atoms with Crippen molar-refractivity contribution >= 4 is 22.7 Å². The number of nitrogens with zero attached hydrogens (tertiary/aromatic N) is 2. The topological polar surface area (TPSA) is 90.3 Å². The summed E-state index contributed by atoms with van der Waals surface area (Å²) in [5.41, 5.74) is 1.52. The summed E-state index contributed by atoms with van der Waals surface area (Å²) in [6.07, 6.45) is -6.66. The fraction of sp³-hybridized carbons (Fsp3) is 0.520. The Morgan fingerprint density at radius 1 is 1.00 bits per heavy atom. The third kappa shape index (κ3) is 9.14. The van der Waals surface area contributed by atoms with Gasteiger partial charge < -0.3 is 19.8 Å². The van der Waals surface area contributed by atoms with Crippen molar-refractivity contribution < 1.29 is 50.9 Å². The summed E-state index contributed by atoms with van der Waals surface area (Å²) in [6.45, 7) is 4.15. The molecule has 0 aromatic heterocycles. The van der Waals surface area contributed by atoms with Gasteiger partial charge in [0.1, 0.15) is 0 Å². The Kier molecular flexibility index (Phi) is 10.5. The predicted octanol–water partition coefficient (Wildman–Crippen LogP) is 4.79. The van der Waals surface area contributed by atoms with E-state index in [1.807, 2.05) is 0 Å². The maximum Gasteiger partial charge on any atom is 0.490 e. The Bertz CT molecular complexity index is 1060. The molecule has 2 aromatic carbocycles. The highest BCUT2D eigenvalue weighted by Gasteiger charge is 2.43. The van der Waals surface area contributed by atoms with Gasteiger partial charge in [0.15, 0.2) is 0 Å². The highest BCUT2D eigenvalue weighted by Crippen LogP contribution is 2.36. The quantitative estimate of drug-likeness (QED) is 0.530. The summed E-state index contributed by atoms with van der Waals surface area (Å²) in [6, 6.07) is 16.0. The van der Waals surface area contributed by atoms with E-state index in [-0.39, 0.29) is 5.60 Å². The van der Waals surface area contributed by atoms with Crippen molar-refractivity contribution in [3.05, 3.63) is 48.0 Å². The number of benzene rings is 2. The Morgan fingerprint density at radius 3 is 2.11 bits per heavy atom. The summed E-state index contributed by atoms with van der Waals surface area (Å²) < 4.78 is 69.8. The number of likely N-dealkylation sites (tertiary alicyclic amines) is 1. The van der Waals surface area contributed by atoms with E-state index in [9.17, 15) is 26.3 Å². The van der Waals surface area contributed by atoms with E-state index in [1.165, 1.54) is 29.2 Å². The summed E-state index contributed by atoms with van der Waals surface area (Å²) in [5.74, 6) is -5.51. The first-order valence-corrected chi connectivity index (χ1v) is 11.6. The molecule has 2 N–H and O–H groups in total. The van der Waals surface area contributed by atoms with E-state index in [4.69, 9.17) is 24.5 Å². The van der Waals surface area contributed by atoms with E-state index in [2.05, 4.69) is 66.4 Å². The zero-order chi connectivity index (χ0) is 28.7. The van der Waals surface area contributed by atoms with Gasteiger partial charge >= 0.3 is 24.3 Å². The summed E-state index contributed by atoms with van der Waals surface area (Å²) >= 11 is 0. The molecule has 7 nitrogen and oxygen atoms in total. The summed E-state index contributed by atoms with van der Waals surface area (Å²) in [4.78, 5) is 22.7. The largest absolute Gasteiger partial charge is 0.490 e. The smallest absolute Gasteiger partial charge is 0.475 e. The van der Waals surface area contributed by atoms with Crippen LogP contribution >= 0.6 is 0 Å². The lowest BCUT2D eigenvalue weighted by Gasteiger charge is -2.40. The lowest BCUT2D eigenvalue weighted by molar-refractivity contribution is -0.193. The second-order valence-corrected chi connectivity index (χ2v) is 9.35. The van der Waals surface area contributed by atoms with Crippen LogP contribution in [0.4, 0.5) is 26.3 Å². The number of carboxylic acid groups (broad SMARTS) is 2. The molecule has 2 heterocycles. The third-order valence-electron chi connectivity index (χ3n) is 6.35. The van der Waals surface area contributed by atoms with Crippen LogP contribution in [0.3, 0.4) is 0 Å². The highest BCUT2D eigenvalue weighted by atomic mass is 19.4. The van der Waals surface area contributed by atoms with Crippen molar-refractivity contribution in [1.29, 1.82) is 0 Å². The summed E-state index contributed by atoms with van der Waals surface area (Å²) in [5, 5.41) is 17.0. The SMILES string of the molecule is CN(C)[C@@H]1CCO[C@]2(CCN(Cc3cccc4ccccc34)C2)C1.O=C(O)C(F)(F)F.O=C(O)C(F)(F)F. The third-order valence-corrected chi connectivity index (χ3v) is 6.35. The molecule has 2 atom stereocenters. The van der Waals surface area contributed by atoms with Crippen LogP contribution in [0.25, 0.3) is 10.8 Å². The summed E-state index contributed by atoms with van der Waals surface area (Å²) in [7, 11) is 4.40. The van der Waals surface area contributed by atoms with Gasteiger partial charge in [0.05, 0.1) is 5.60 Å². The van der Waals surface area contributed by atoms with Crippen molar-refractivity contribution in [2.24, 2.45) is 0 Å². The van der Waals surface area contributed by atoms with Gasteiger partial charge in [-0.3, -0.25) is 4.90 Å². The fourth-order valence-electron chi connectivity index (χ4n) is 4.46. The molecular formula is C25H30F6N2O5. The first kappa shape index (κ1) is 31.3. The molecule has 2 aliphatic heterocycles. The van der Waals surface area contributed by atoms with Gasteiger partial charge in [-0.2, -0.15) is 26.3 Å². The number of ether oxygens (including phenoxy) is 1. The fourth-order valence-corrected chi connectivity index (χ4v) is 4.46. The molecule has 2 aliphatic rings. The number of carbonyl (C=O) groups is 2. The normalized spacial score (nSPS) is 22.0. The minimum Gasteiger partial charge on any atom is -0.475 e. The minimum absolute atomic E-state index is 0.0811. The molecule has 0 saturated carbocycles. The molecule has 0 radical (unpaired) electrons. The van der Waals surface area contributed by atoms with Crippen LogP contribution in [0.1, 0.15) is 24.8 Å². The Labute approximate surface area is 215 Å². The van der Waals surface area contributed by atoms with Crippen LogP contribution in [0.5, 0.6) is 0 Å². The number of carboxylic acids is 2. The minimum atomic E-state index is -5.08. The number of rotatable bonds is 3. The Morgan fingerprint density at radius 2 is 1.55 bits per heavy atom. The van der Waals surface area contributed by atoms with Gasteiger partial charge in [0.2, 0.25) is 0 Å². The van der Waals surface area contributed by atoms with E-state index in [0.29, 0.717) is 6.04 Å². The van der Waals surface area contributed by atoms with Crippen LogP contribution in [-0.2, 0) is 20.9 Å². The monoisotopic (exact) mass is 552 g/mol. The number of fused-ring (bicyclic) bond motifs is 1. The zero-order valence-corrected chi connectivity index (χ0v) is 20.8. The number of hydrogen-bond donors (Lipinski definition) is 2. The Balaban J connectivity index is 0.000000301. The molecule has 4 rings (SSSR count). The number of alkyl halides is 6. The maximum atomic E-state index is 10.6. The lowest BCUT2D eigenvalue weighted by atomic mass is 9.89. The molecule has 0 aliphatic carbocycles. The van der Waals surface area contributed by atoms with E-state index in [0.717, 1.165) is 32.7 Å². The molecule has 0 bridgehead atoms. The molecule has 2 fully saturated rings. The highest BCUT2D eigenvalue weighted by molar-refractivity contribution is 5.85. The van der Waals surface area contributed by atoms with E-state index in [1.54, 1.807) is 0 Å². The van der Waals surface area contributed by atoms with Crippen LogP contribution in [-0.4, -0.2) is 89.7 Å². The number of aliphatic carboxylic acids is 2. The van der Waals surface area contributed by atoms with Gasteiger partial charge in [0, 0.05) is 32.3 Å². The number of hydrogen-bond acceptors (Lipinski definition) is 5. The molecular weight excluding hydrogens is 522 g/mol. The molecule has 2 aromatic rings.